The number of hydrogen-bond acceptors (Lipinski definition) is 18. The highest BCUT2D eigenvalue weighted by Gasteiger charge is 2.39. The van der Waals surface area contributed by atoms with Gasteiger partial charge in [-0.15, -0.1) is 0 Å². The van der Waals surface area contributed by atoms with Crippen molar-refractivity contribution in [2.24, 2.45) is 21.7 Å². The van der Waals surface area contributed by atoms with E-state index in [2.05, 4.69) is 65.8 Å². The van der Waals surface area contributed by atoms with Gasteiger partial charge in [0, 0.05) is 39.9 Å². The molecule has 0 amide bonds. The molecule has 0 radical (unpaired) electrons. The lowest BCUT2D eigenvalue weighted by atomic mass is 9.78. The molecule has 4 fully saturated rings. The molecule has 0 bridgehead atoms. The van der Waals surface area contributed by atoms with Gasteiger partial charge >= 0.3 is 11.9 Å². The number of carbonyl (C=O) groups is 2. The SMILES string of the molecule is CCC1(COCCOC(C)OC(=O)CCCCC(=O)OC(C)OCCOCC2(CC)COC2)COC1.CCC1(COCCOC(C)Oc2ccc(C(C)(C)c3ccc(OC(C)OCCOCC4(CC)COC4)cc3)cc2)COC1. The molecule has 4 heterocycles. The van der Waals surface area contributed by atoms with Gasteiger partial charge in [-0.05, 0) is 102 Å². The predicted molar refractivity (Wildman–Crippen MR) is 296 cm³/mol. The fourth-order valence-corrected chi connectivity index (χ4v) is 8.98. The second kappa shape index (κ2) is 34.2. The molecule has 0 N–H and O–H groups in total. The van der Waals surface area contributed by atoms with Gasteiger partial charge < -0.3 is 75.8 Å². The summed E-state index contributed by atoms with van der Waals surface area (Å²) in [6.45, 7) is 32.8. The molecule has 79 heavy (non-hydrogen) atoms. The summed E-state index contributed by atoms with van der Waals surface area (Å²) in [5, 5.41) is 0. The van der Waals surface area contributed by atoms with Crippen LogP contribution in [0.3, 0.4) is 0 Å². The molecule has 4 aliphatic heterocycles. The molecule has 4 unspecified atom stereocenters. The molecule has 4 atom stereocenters. The van der Waals surface area contributed by atoms with Crippen molar-refractivity contribution in [1.29, 1.82) is 0 Å². The second-order valence-electron chi connectivity index (χ2n) is 22.4. The number of rotatable bonds is 41. The molecule has 0 spiro atoms. The lowest BCUT2D eigenvalue weighted by molar-refractivity contribution is -0.183. The lowest BCUT2D eigenvalue weighted by Gasteiger charge is -2.40. The van der Waals surface area contributed by atoms with Crippen molar-refractivity contribution in [3.63, 3.8) is 0 Å². The van der Waals surface area contributed by atoms with Gasteiger partial charge in [0.1, 0.15) is 11.5 Å². The zero-order valence-corrected chi connectivity index (χ0v) is 49.6. The number of esters is 2. The topological polar surface area (TPSA) is 182 Å². The van der Waals surface area contributed by atoms with Crippen LogP contribution in [0.25, 0.3) is 0 Å². The van der Waals surface area contributed by atoms with E-state index in [0.29, 0.717) is 78.9 Å². The summed E-state index contributed by atoms with van der Waals surface area (Å²) in [7, 11) is 0. The highest BCUT2D eigenvalue weighted by molar-refractivity contribution is 5.70. The van der Waals surface area contributed by atoms with Crippen molar-refractivity contribution in [3.8, 4) is 11.5 Å². The van der Waals surface area contributed by atoms with Gasteiger partial charge in [0.2, 0.25) is 0 Å². The van der Waals surface area contributed by atoms with Crippen LogP contribution in [0.5, 0.6) is 11.5 Å². The summed E-state index contributed by atoms with van der Waals surface area (Å²) in [6.07, 6.45) is 3.65. The summed E-state index contributed by atoms with van der Waals surface area (Å²) in [6, 6.07) is 16.4. The molecule has 2 aromatic carbocycles. The Hall–Kier alpha value is -3.50. The maximum absolute atomic E-state index is 12.0. The first-order valence-electron chi connectivity index (χ1n) is 29.0. The van der Waals surface area contributed by atoms with E-state index in [1.807, 2.05) is 38.1 Å². The standard InChI is InChI=1S/C35H52O8.C26H46O10/c1-7-34(23-38-24-34)21-36-17-19-40-27(3)42-31-13-9-29(10-14-31)33(5,6)30-11-15-32(16-12-30)43-28(4)41-20-18-37-22-35(8-2)25-39-26-35;1-5-25(17-31-18-25)15-29-11-13-33-21(3)35-23(27)9-7-8-10-24(28)36-22(4)34-14-12-30-16-26(6-2)19-32-20-26/h9-16,27-28H,7-8,17-26H2,1-6H3;21-22H,5-20H2,1-4H3. The van der Waals surface area contributed by atoms with Crippen molar-refractivity contribution >= 4 is 11.9 Å². The molecule has 18 nitrogen and oxygen atoms in total. The van der Waals surface area contributed by atoms with E-state index in [1.54, 1.807) is 13.8 Å². The zero-order chi connectivity index (χ0) is 57.0. The van der Waals surface area contributed by atoms with Crippen LogP contribution in [0, 0.1) is 21.7 Å². The third-order valence-electron chi connectivity index (χ3n) is 15.6. The van der Waals surface area contributed by atoms with Crippen LogP contribution in [-0.2, 0) is 81.3 Å². The van der Waals surface area contributed by atoms with Gasteiger partial charge in [-0.1, -0.05) is 65.8 Å². The Labute approximate surface area is 471 Å². The summed E-state index contributed by atoms with van der Waals surface area (Å²) in [4.78, 5) is 23.9. The average molecular weight is 1120 g/mol. The van der Waals surface area contributed by atoms with Crippen molar-refractivity contribution < 1.29 is 85.4 Å². The van der Waals surface area contributed by atoms with Gasteiger partial charge in [-0.2, -0.15) is 0 Å². The highest BCUT2D eigenvalue weighted by atomic mass is 16.7. The molecular weight excluding hydrogens is 1020 g/mol. The number of unbranched alkanes of at least 4 members (excludes halogenated alkanes) is 1. The summed E-state index contributed by atoms with van der Waals surface area (Å²) < 4.78 is 89.1. The number of carbonyl (C=O) groups excluding carboxylic acids is 2. The third kappa shape index (κ3) is 22.6. The van der Waals surface area contributed by atoms with Crippen molar-refractivity contribution in [2.45, 2.75) is 151 Å². The number of hydrogen-bond donors (Lipinski definition) is 0. The summed E-state index contributed by atoms with van der Waals surface area (Å²) in [5.74, 6) is 0.830. The van der Waals surface area contributed by atoms with Gasteiger partial charge in [-0.25, -0.2) is 0 Å². The van der Waals surface area contributed by atoms with E-state index in [9.17, 15) is 9.59 Å². The summed E-state index contributed by atoms with van der Waals surface area (Å²) >= 11 is 0. The molecule has 0 aromatic heterocycles. The van der Waals surface area contributed by atoms with Crippen LogP contribution in [0.1, 0.15) is 132 Å². The Kier molecular flexibility index (Phi) is 28.7. The minimum Gasteiger partial charge on any atom is -0.465 e. The average Bonchev–Trinajstić information content (AvgIpc) is 3.39. The van der Waals surface area contributed by atoms with Crippen molar-refractivity contribution in [2.75, 3.05) is 132 Å². The minimum atomic E-state index is -0.644. The molecule has 4 saturated heterocycles. The van der Waals surface area contributed by atoms with E-state index in [0.717, 1.165) is 103 Å². The molecule has 2 aromatic rings. The summed E-state index contributed by atoms with van der Waals surface area (Å²) in [5.41, 5.74) is 2.87. The van der Waals surface area contributed by atoms with Gasteiger partial charge in [0.25, 0.3) is 0 Å². The Morgan fingerprint density at radius 1 is 0.430 bits per heavy atom. The maximum atomic E-state index is 12.0. The Balaban J connectivity index is 0.000000296. The molecule has 18 heteroatoms. The first kappa shape index (κ1) is 66.3. The molecular formula is C61H98O18. The molecule has 0 saturated carbocycles. The quantitative estimate of drug-likeness (QED) is 0.0348. The molecule has 6 rings (SSSR count). The Bertz CT molecular complexity index is 1820. The lowest BCUT2D eigenvalue weighted by Crippen LogP contribution is -2.45. The third-order valence-corrected chi connectivity index (χ3v) is 15.6. The second-order valence-corrected chi connectivity index (χ2v) is 22.4. The van der Waals surface area contributed by atoms with Gasteiger partial charge in [0.05, 0.1) is 132 Å². The smallest absolute Gasteiger partial charge is 0.308 e. The van der Waals surface area contributed by atoms with Gasteiger partial charge in [0.15, 0.2) is 25.2 Å². The molecule has 450 valence electrons. The van der Waals surface area contributed by atoms with E-state index < -0.39 is 12.6 Å². The van der Waals surface area contributed by atoms with E-state index in [-0.39, 0.29) is 64.4 Å². The van der Waals surface area contributed by atoms with Crippen molar-refractivity contribution in [1.82, 2.24) is 0 Å². The van der Waals surface area contributed by atoms with Crippen molar-refractivity contribution in [3.05, 3.63) is 59.7 Å². The van der Waals surface area contributed by atoms with Crippen LogP contribution >= 0.6 is 0 Å². The van der Waals surface area contributed by atoms with Crippen LogP contribution in [0.15, 0.2) is 48.5 Å². The Morgan fingerprint density at radius 2 is 0.696 bits per heavy atom. The molecule has 0 aliphatic carbocycles. The fraction of sp³-hybridized carbons (Fsp3) is 0.770. The highest BCUT2D eigenvalue weighted by Crippen LogP contribution is 2.36. The first-order chi connectivity index (χ1) is 38.0. The maximum Gasteiger partial charge on any atom is 0.308 e. The van der Waals surface area contributed by atoms with Crippen LogP contribution in [-0.4, -0.2) is 169 Å². The van der Waals surface area contributed by atoms with Crippen LogP contribution in [0.4, 0.5) is 0 Å². The zero-order valence-electron chi connectivity index (χ0n) is 49.6. The fourth-order valence-electron chi connectivity index (χ4n) is 8.98. The van der Waals surface area contributed by atoms with Crippen LogP contribution in [0.2, 0.25) is 0 Å². The normalized spacial score (nSPS) is 19.1. The molecule has 4 aliphatic rings. The number of benzene rings is 2. The van der Waals surface area contributed by atoms with E-state index in [4.69, 9.17) is 75.8 Å². The van der Waals surface area contributed by atoms with Gasteiger partial charge in [-0.3, -0.25) is 9.59 Å². The van der Waals surface area contributed by atoms with E-state index in [1.165, 1.54) is 11.1 Å². The van der Waals surface area contributed by atoms with E-state index >= 15 is 0 Å². The monoisotopic (exact) mass is 1120 g/mol. The number of ether oxygens (including phenoxy) is 16. The predicted octanol–water partition coefficient (Wildman–Crippen LogP) is 9.63. The van der Waals surface area contributed by atoms with Crippen LogP contribution < -0.4 is 9.47 Å². The minimum absolute atomic E-state index is 0.147. The Morgan fingerprint density at radius 3 is 0.937 bits per heavy atom. The first-order valence-corrected chi connectivity index (χ1v) is 29.0. The largest absolute Gasteiger partial charge is 0.465 e.